The topological polar surface area (TPSA) is 50.5 Å². The van der Waals surface area contributed by atoms with Crippen molar-refractivity contribution in [1.82, 2.24) is 4.90 Å². The van der Waals surface area contributed by atoms with E-state index in [-0.39, 0.29) is 17.7 Å². The number of hydrogen-bond donors (Lipinski definition) is 0. The zero-order valence-corrected chi connectivity index (χ0v) is 14.1. The van der Waals surface area contributed by atoms with Gasteiger partial charge in [-0.1, -0.05) is 34.1 Å². The Labute approximate surface area is 140 Å². The molecule has 0 aliphatic carbocycles. The van der Waals surface area contributed by atoms with Crippen molar-refractivity contribution < 1.29 is 14.0 Å². The third-order valence-electron chi connectivity index (χ3n) is 3.19. The second kappa shape index (κ2) is 6.14. The van der Waals surface area contributed by atoms with E-state index in [2.05, 4.69) is 15.9 Å². The van der Waals surface area contributed by atoms with Gasteiger partial charge in [-0.25, -0.2) is 0 Å². The van der Waals surface area contributed by atoms with Crippen molar-refractivity contribution in [2.24, 2.45) is 0 Å². The second-order valence-electron chi connectivity index (χ2n) is 4.81. The predicted octanol–water partition coefficient (Wildman–Crippen LogP) is 4.59. The Balaban J connectivity index is 1.83. The van der Waals surface area contributed by atoms with Crippen LogP contribution in [0.15, 0.2) is 50.2 Å². The van der Waals surface area contributed by atoms with Gasteiger partial charge in [0.05, 0.1) is 11.4 Å². The number of imide groups is 1. The van der Waals surface area contributed by atoms with Gasteiger partial charge in [-0.05, 0) is 42.4 Å². The van der Waals surface area contributed by atoms with Crippen LogP contribution in [0.5, 0.6) is 0 Å². The summed E-state index contributed by atoms with van der Waals surface area (Å²) in [5.41, 5.74) is 0.889. The molecule has 1 saturated heterocycles. The molecule has 2 heterocycles. The molecule has 0 unspecified atom stereocenters. The molecular formula is C16H12BrNO3S. The molecule has 1 aromatic carbocycles. The average Bonchev–Trinajstić information content (AvgIpc) is 3.00. The Morgan fingerprint density at radius 2 is 2.00 bits per heavy atom. The van der Waals surface area contributed by atoms with Crippen LogP contribution >= 0.6 is 27.7 Å². The minimum absolute atomic E-state index is 0.251. The van der Waals surface area contributed by atoms with Crippen LogP contribution in [0.4, 0.5) is 4.79 Å². The fourth-order valence-corrected chi connectivity index (χ4v) is 3.32. The molecule has 2 aromatic rings. The molecule has 22 heavy (non-hydrogen) atoms. The molecule has 3 rings (SSSR count). The summed E-state index contributed by atoms with van der Waals surface area (Å²) < 4.78 is 6.30. The third kappa shape index (κ3) is 3.03. The summed E-state index contributed by atoms with van der Waals surface area (Å²) in [6, 6.07) is 11.1. The number of halogens is 1. The summed E-state index contributed by atoms with van der Waals surface area (Å²) in [5.74, 6) is 1.04. The predicted molar refractivity (Wildman–Crippen MR) is 89.1 cm³/mol. The Kier molecular flexibility index (Phi) is 4.22. The zero-order chi connectivity index (χ0) is 15.7. The molecule has 0 spiro atoms. The van der Waals surface area contributed by atoms with Crippen molar-refractivity contribution in [1.29, 1.82) is 0 Å². The third-order valence-corrected chi connectivity index (χ3v) is 4.88. The number of carbonyl (C=O) groups excluding carboxylic acids is 2. The molecule has 0 atom stereocenters. The second-order valence-corrected chi connectivity index (χ2v) is 6.66. The molecule has 1 aliphatic heterocycles. The van der Waals surface area contributed by atoms with Crippen LogP contribution in [0, 0.1) is 6.92 Å². The quantitative estimate of drug-likeness (QED) is 0.734. The molecular weight excluding hydrogens is 366 g/mol. The lowest BCUT2D eigenvalue weighted by molar-refractivity contribution is -0.123. The normalized spacial score (nSPS) is 16.8. The van der Waals surface area contributed by atoms with Crippen molar-refractivity contribution in [3.63, 3.8) is 0 Å². The van der Waals surface area contributed by atoms with E-state index in [1.54, 1.807) is 12.1 Å². The minimum atomic E-state index is -0.292. The van der Waals surface area contributed by atoms with Gasteiger partial charge in [0.2, 0.25) is 0 Å². The van der Waals surface area contributed by atoms with Gasteiger partial charge in [0.15, 0.2) is 0 Å². The monoisotopic (exact) mass is 377 g/mol. The molecule has 1 aliphatic rings. The maximum Gasteiger partial charge on any atom is 0.293 e. The lowest BCUT2D eigenvalue weighted by atomic mass is 10.2. The summed E-state index contributed by atoms with van der Waals surface area (Å²) in [5, 5.41) is -0.268. The minimum Gasteiger partial charge on any atom is -0.462 e. The number of amides is 2. The largest absolute Gasteiger partial charge is 0.462 e. The van der Waals surface area contributed by atoms with Crippen LogP contribution in [0.1, 0.15) is 17.1 Å². The van der Waals surface area contributed by atoms with Gasteiger partial charge in [0.25, 0.3) is 11.1 Å². The summed E-state index contributed by atoms with van der Waals surface area (Å²) in [6.45, 7) is 2.08. The molecule has 1 fully saturated rings. The van der Waals surface area contributed by atoms with Crippen LogP contribution in [0.3, 0.4) is 0 Å². The highest BCUT2D eigenvalue weighted by atomic mass is 79.9. The first kappa shape index (κ1) is 15.1. The van der Waals surface area contributed by atoms with Gasteiger partial charge in [0, 0.05) is 10.5 Å². The molecule has 0 bridgehead atoms. The zero-order valence-electron chi connectivity index (χ0n) is 11.7. The van der Waals surface area contributed by atoms with Gasteiger partial charge < -0.3 is 4.42 Å². The van der Waals surface area contributed by atoms with E-state index in [0.29, 0.717) is 10.7 Å². The Bertz CT molecular complexity index is 781. The first-order chi connectivity index (χ1) is 10.5. The molecule has 6 heteroatoms. The smallest absolute Gasteiger partial charge is 0.293 e. The summed E-state index contributed by atoms with van der Waals surface area (Å²) >= 11 is 4.36. The van der Waals surface area contributed by atoms with Gasteiger partial charge in [0.1, 0.15) is 11.5 Å². The van der Waals surface area contributed by atoms with E-state index in [9.17, 15) is 9.59 Å². The first-order valence-electron chi connectivity index (χ1n) is 6.60. The number of nitrogens with zero attached hydrogens (tertiary/aromatic N) is 1. The molecule has 0 N–H and O–H groups in total. The van der Waals surface area contributed by atoms with Crippen molar-refractivity contribution >= 4 is 44.9 Å². The Hall–Kier alpha value is -1.79. The number of furan rings is 1. The average molecular weight is 378 g/mol. The van der Waals surface area contributed by atoms with E-state index in [1.807, 2.05) is 37.3 Å². The van der Waals surface area contributed by atoms with Gasteiger partial charge in [-0.3, -0.25) is 14.5 Å². The number of benzene rings is 1. The van der Waals surface area contributed by atoms with E-state index in [0.717, 1.165) is 27.6 Å². The highest BCUT2D eigenvalue weighted by Gasteiger charge is 2.35. The first-order valence-corrected chi connectivity index (χ1v) is 8.21. The molecule has 2 amide bonds. The van der Waals surface area contributed by atoms with Crippen LogP contribution in [-0.2, 0) is 11.3 Å². The van der Waals surface area contributed by atoms with E-state index >= 15 is 0 Å². The molecule has 4 nitrogen and oxygen atoms in total. The van der Waals surface area contributed by atoms with E-state index in [4.69, 9.17) is 4.42 Å². The van der Waals surface area contributed by atoms with Crippen molar-refractivity contribution in [3.05, 3.63) is 62.9 Å². The standard InChI is InChI=1S/C16H12BrNO3S/c1-10-6-7-12(21-10)8-14-15(19)18(16(20)22-14)9-11-4-2-3-5-13(11)17/h2-8H,9H2,1H3/b14-8+. The van der Waals surface area contributed by atoms with Crippen LogP contribution in [-0.4, -0.2) is 16.0 Å². The maximum atomic E-state index is 12.4. The van der Waals surface area contributed by atoms with Crippen molar-refractivity contribution in [2.45, 2.75) is 13.5 Å². The molecule has 0 radical (unpaired) electrons. The number of thioether (sulfide) groups is 1. The highest BCUT2D eigenvalue weighted by molar-refractivity contribution is 9.10. The summed E-state index contributed by atoms with van der Waals surface area (Å²) in [4.78, 5) is 26.1. The fourth-order valence-electron chi connectivity index (χ4n) is 2.09. The molecule has 112 valence electrons. The number of rotatable bonds is 3. The molecule has 1 aromatic heterocycles. The summed E-state index contributed by atoms with van der Waals surface area (Å²) in [6.07, 6.45) is 1.61. The van der Waals surface area contributed by atoms with E-state index < -0.39 is 0 Å². The van der Waals surface area contributed by atoms with Crippen molar-refractivity contribution in [2.75, 3.05) is 0 Å². The highest BCUT2D eigenvalue weighted by Crippen LogP contribution is 2.34. The Morgan fingerprint density at radius 3 is 2.68 bits per heavy atom. The van der Waals surface area contributed by atoms with Crippen LogP contribution < -0.4 is 0 Å². The SMILES string of the molecule is Cc1ccc(/C=C2/SC(=O)N(Cc3ccccc3Br)C2=O)o1. The Morgan fingerprint density at radius 1 is 1.23 bits per heavy atom. The van der Waals surface area contributed by atoms with Crippen LogP contribution in [0.2, 0.25) is 0 Å². The maximum absolute atomic E-state index is 12.4. The number of carbonyl (C=O) groups is 2. The van der Waals surface area contributed by atoms with E-state index in [1.165, 1.54) is 4.90 Å². The summed E-state index contributed by atoms with van der Waals surface area (Å²) in [7, 11) is 0. The van der Waals surface area contributed by atoms with Gasteiger partial charge in [-0.2, -0.15) is 0 Å². The van der Waals surface area contributed by atoms with Gasteiger partial charge >= 0.3 is 0 Å². The lowest BCUT2D eigenvalue weighted by Crippen LogP contribution is -2.27. The number of aryl methyl sites for hydroxylation is 1. The molecule has 0 saturated carbocycles. The van der Waals surface area contributed by atoms with Gasteiger partial charge in [-0.15, -0.1) is 0 Å². The fraction of sp³-hybridized carbons (Fsp3) is 0.125. The number of hydrogen-bond acceptors (Lipinski definition) is 4. The van der Waals surface area contributed by atoms with Crippen LogP contribution in [0.25, 0.3) is 6.08 Å². The van der Waals surface area contributed by atoms with Crippen molar-refractivity contribution in [3.8, 4) is 0 Å². The lowest BCUT2D eigenvalue weighted by Gasteiger charge is -2.13.